The van der Waals surface area contributed by atoms with E-state index in [1.807, 2.05) is 0 Å². The molecule has 2 rings (SSSR count). The number of carbonyl (C=O) groups excluding carboxylic acids is 2. The number of hydrazine groups is 1. The van der Waals surface area contributed by atoms with Gasteiger partial charge in [-0.3, -0.25) is 20.4 Å². The van der Waals surface area contributed by atoms with Gasteiger partial charge >= 0.3 is 0 Å². The molecule has 0 radical (unpaired) electrons. The topological polar surface area (TPSA) is 106 Å². The number of ether oxygens (including phenoxy) is 3. The second-order valence-corrected chi connectivity index (χ2v) is 5.90. The molecule has 0 heterocycles. The van der Waals surface area contributed by atoms with Crippen LogP contribution in [0.25, 0.3) is 0 Å². The highest BCUT2D eigenvalue weighted by Gasteiger charge is 2.18. The first-order valence-electron chi connectivity index (χ1n) is 7.30. The third-order valence-corrected chi connectivity index (χ3v) is 3.91. The van der Waals surface area contributed by atoms with Gasteiger partial charge in [-0.25, -0.2) is 0 Å². The molecular weight excluding hydrogens is 408 g/mol. The number of carbonyl (C=O) groups is 2. The van der Waals surface area contributed by atoms with Crippen LogP contribution >= 0.6 is 15.9 Å². The van der Waals surface area contributed by atoms with Crippen molar-refractivity contribution in [2.45, 2.75) is 0 Å². The largest absolute Gasteiger partial charge is 0.507 e. The molecule has 3 N–H and O–H groups in total. The van der Waals surface area contributed by atoms with Crippen molar-refractivity contribution in [3.05, 3.63) is 45.9 Å². The fraction of sp³-hybridized carbons (Fsp3) is 0.176. The SMILES string of the molecule is COc1cc(C(=O)NNC(=O)c2cc(Br)ccc2O)cc(OC)c1OC. The molecular formula is C17H17BrN2O6. The van der Waals surface area contributed by atoms with Gasteiger partial charge in [-0.2, -0.15) is 0 Å². The van der Waals surface area contributed by atoms with E-state index in [1.165, 1.54) is 45.6 Å². The average Bonchev–Trinajstić information content (AvgIpc) is 2.66. The van der Waals surface area contributed by atoms with Gasteiger partial charge in [-0.1, -0.05) is 15.9 Å². The Kier molecular flexibility index (Phi) is 6.29. The molecule has 0 aliphatic carbocycles. The molecule has 0 bridgehead atoms. The molecule has 2 aromatic carbocycles. The Morgan fingerprint density at radius 1 is 0.923 bits per heavy atom. The minimum Gasteiger partial charge on any atom is -0.507 e. The summed E-state index contributed by atoms with van der Waals surface area (Å²) < 4.78 is 16.2. The van der Waals surface area contributed by atoms with E-state index in [4.69, 9.17) is 14.2 Å². The van der Waals surface area contributed by atoms with Gasteiger partial charge in [-0.05, 0) is 30.3 Å². The van der Waals surface area contributed by atoms with Gasteiger partial charge in [0.2, 0.25) is 5.75 Å². The van der Waals surface area contributed by atoms with Crippen LogP contribution in [0.3, 0.4) is 0 Å². The minimum atomic E-state index is -0.676. The molecule has 138 valence electrons. The molecule has 0 fully saturated rings. The number of halogens is 1. The maximum atomic E-state index is 12.3. The number of amides is 2. The minimum absolute atomic E-state index is 0.00423. The zero-order valence-corrected chi connectivity index (χ0v) is 15.8. The number of hydrogen-bond donors (Lipinski definition) is 3. The average molecular weight is 425 g/mol. The third kappa shape index (κ3) is 4.17. The molecule has 0 saturated carbocycles. The van der Waals surface area contributed by atoms with Gasteiger partial charge in [-0.15, -0.1) is 0 Å². The van der Waals surface area contributed by atoms with E-state index in [2.05, 4.69) is 26.8 Å². The van der Waals surface area contributed by atoms with Crippen molar-refractivity contribution < 1.29 is 28.9 Å². The fourth-order valence-electron chi connectivity index (χ4n) is 2.16. The summed E-state index contributed by atoms with van der Waals surface area (Å²) in [5.41, 5.74) is 4.69. The number of phenols is 1. The van der Waals surface area contributed by atoms with E-state index in [0.717, 1.165) is 0 Å². The van der Waals surface area contributed by atoms with Crippen molar-refractivity contribution in [2.75, 3.05) is 21.3 Å². The molecule has 2 aromatic rings. The molecule has 0 unspecified atom stereocenters. The second kappa shape index (κ2) is 8.43. The van der Waals surface area contributed by atoms with Crippen LogP contribution in [0.4, 0.5) is 0 Å². The van der Waals surface area contributed by atoms with Crippen molar-refractivity contribution in [1.29, 1.82) is 0 Å². The molecule has 0 aromatic heterocycles. The lowest BCUT2D eigenvalue weighted by atomic mass is 10.1. The molecule has 8 nitrogen and oxygen atoms in total. The van der Waals surface area contributed by atoms with E-state index >= 15 is 0 Å². The lowest BCUT2D eigenvalue weighted by molar-refractivity contribution is 0.0844. The molecule has 0 atom stereocenters. The number of aromatic hydroxyl groups is 1. The summed E-state index contributed by atoms with van der Waals surface area (Å²) in [4.78, 5) is 24.4. The number of phenolic OH excluding ortho intramolecular Hbond substituents is 1. The normalized spacial score (nSPS) is 10.0. The summed E-state index contributed by atoms with van der Waals surface area (Å²) in [6, 6.07) is 7.26. The van der Waals surface area contributed by atoms with E-state index in [9.17, 15) is 14.7 Å². The summed E-state index contributed by atoms with van der Waals surface area (Å²) in [5.74, 6) is -0.556. The Balaban J connectivity index is 2.17. The Morgan fingerprint density at radius 3 is 2.04 bits per heavy atom. The molecule has 9 heteroatoms. The van der Waals surface area contributed by atoms with Gasteiger partial charge in [0.05, 0.1) is 26.9 Å². The van der Waals surface area contributed by atoms with Crippen molar-refractivity contribution in [2.24, 2.45) is 0 Å². The molecule has 26 heavy (non-hydrogen) atoms. The van der Waals surface area contributed by atoms with Crippen LogP contribution in [0.5, 0.6) is 23.0 Å². The first-order valence-corrected chi connectivity index (χ1v) is 8.09. The maximum absolute atomic E-state index is 12.3. The molecule has 0 aliphatic rings. The number of rotatable bonds is 5. The Hall–Kier alpha value is -2.94. The predicted molar refractivity (Wildman–Crippen MR) is 96.8 cm³/mol. The Morgan fingerprint density at radius 2 is 1.50 bits per heavy atom. The highest BCUT2D eigenvalue weighted by Crippen LogP contribution is 2.38. The van der Waals surface area contributed by atoms with Gasteiger partial charge in [0.1, 0.15) is 5.75 Å². The number of nitrogens with one attached hydrogen (secondary N) is 2. The first kappa shape index (κ1) is 19.4. The monoisotopic (exact) mass is 424 g/mol. The number of benzene rings is 2. The number of methoxy groups -OCH3 is 3. The van der Waals surface area contributed by atoms with Crippen molar-refractivity contribution in [3.8, 4) is 23.0 Å². The molecule has 2 amide bonds. The quantitative estimate of drug-likeness (QED) is 0.635. The van der Waals surface area contributed by atoms with Crippen LogP contribution in [-0.4, -0.2) is 38.3 Å². The summed E-state index contributed by atoms with van der Waals surface area (Å²) in [6.45, 7) is 0. The van der Waals surface area contributed by atoms with Crippen LogP contribution in [0.1, 0.15) is 20.7 Å². The van der Waals surface area contributed by atoms with Crippen LogP contribution < -0.4 is 25.1 Å². The second-order valence-electron chi connectivity index (χ2n) is 4.98. The standard InChI is InChI=1S/C17H17BrN2O6/c1-24-13-6-9(7-14(25-2)15(13)26-3)16(22)19-20-17(23)11-8-10(18)4-5-12(11)21/h4-8,21H,1-3H3,(H,19,22)(H,20,23). The summed E-state index contributed by atoms with van der Waals surface area (Å²) in [5, 5.41) is 9.74. The maximum Gasteiger partial charge on any atom is 0.273 e. The Labute approximate surface area is 158 Å². The smallest absolute Gasteiger partial charge is 0.273 e. The fourth-order valence-corrected chi connectivity index (χ4v) is 2.52. The van der Waals surface area contributed by atoms with E-state index < -0.39 is 11.8 Å². The highest BCUT2D eigenvalue weighted by atomic mass is 79.9. The van der Waals surface area contributed by atoms with Gasteiger partial charge in [0, 0.05) is 10.0 Å². The van der Waals surface area contributed by atoms with Crippen LogP contribution in [0, 0.1) is 0 Å². The predicted octanol–water partition coefficient (Wildman–Crippen LogP) is 2.26. The van der Waals surface area contributed by atoms with Crippen LogP contribution in [0.2, 0.25) is 0 Å². The third-order valence-electron chi connectivity index (χ3n) is 3.42. The molecule has 0 aliphatic heterocycles. The zero-order valence-electron chi connectivity index (χ0n) is 14.3. The number of hydrogen-bond acceptors (Lipinski definition) is 6. The summed E-state index contributed by atoms with van der Waals surface area (Å²) in [7, 11) is 4.30. The van der Waals surface area contributed by atoms with Crippen molar-refractivity contribution in [1.82, 2.24) is 10.9 Å². The van der Waals surface area contributed by atoms with Crippen molar-refractivity contribution >= 4 is 27.7 Å². The summed E-state index contributed by atoms with van der Waals surface area (Å²) >= 11 is 3.21. The van der Waals surface area contributed by atoms with Crippen LogP contribution in [0.15, 0.2) is 34.8 Å². The van der Waals surface area contributed by atoms with E-state index in [-0.39, 0.29) is 16.9 Å². The first-order chi connectivity index (χ1) is 12.4. The summed E-state index contributed by atoms with van der Waals surface area (Å²) in [6.07, 6.45) is 0. The van der Waals surface area contributed by atoms with E-state index in [0.29, 0.717) is 21.7 Å². The Bertz CT molecular complexity index is 815. The lowest BCUT2D eigenvalue weighted by Crippen LogP contribution is -2.41. The lowest BCUT2D eigenvalue weighted by Gasteiger charge is -2.14. The van der Waals surface area contributed by atoms with Gasteiger partial charge < -0.3 is 19.3 Å². The zero-order chi connectivity index (χ0) is 19.3. The molecule has 0 spiro atoms. The highest BCUT2D eigenvalue weighted by molar-refractivity contribution is 9.10. The van der Waals surface area contributed by atoms with E-state index in [1.54, 1.807) is 6.07 Å². The van der Waals surface area contributed by atoms with Crippen LogP contribution in [-0.2, 0) is 0 Å². The van der Waals surface area contributed by atoms with Gasteiger partial charge in [0.15, 0.2) is 11.5 Å². The van der Waals surface area contributed by atoms with Crippen molar-refractivity contribution in [3.63, 3.8) is 0 Å². The van der Waals surface area contributed by atoms with Gasteiger partial charge in [0.25, 0.3) is 11.8 Å². The molecule has 0 saturated heterocycles.